The SMILES string of the molecule is CC(C)CONCC(C)(C)CCC#N. The molecule has 0 aromatic carbocycles. The number of hydroxylamine groups is 1. The molecule has 0 saturated carbocycles. The predicted octanol–water partition coefficient (Wildman–Crippen LogP) is 2.49. The van der Waals surface area contributed by atoms with E-state index in [4.69, 9.17) is 10.1 Å². The minimum atomic E-state index is 0.132. The molecule has 3 heteroatoms. The molecule has 0 aromatic rings. The first-order valence-corrected chi connectivity index (χ1v) is 5.19. The number of nitrogens with zero attached hydrogens (tertiary/aromatic N) is 1. The summed E-state index contributed by atoms with van der Waals surface area (Å²) < 4.78 is 0. The second-order valence-electron chi connectivity index (χ2n) is 4.85. The van der Waals surface area contributed by atoms with Crippen LogP contribution in [0.5, 0.6) is 0 Å². The predicted molar refractivity (Wildman–Crippen MR) is 57.4 cm³/mol. The maximum atomic E-state index is 8.47. The molecule has 0 rings (SSSR count). The van der Waals surface area contributed by atoms with Crippen molar-refractivity contribution in [1.82, 2.24) is 5.48 Å². The lowest BCUT2D eigenvalue weighted by atomic mass is 9.88. The molecular weight excluding hydrogens is 176 g/mol. The van der Waals surface area contributed by atoms with E-state index in [0.29, 0.717) is 12.3 Å². The Morgan fingerprint density at radius 1 is 1.43 bits per heavy atom. The fourth-order valence-electron chi connectivity index (χ4n) is 0.955. The molecule has 0 unspecified atom stereocenters. The molecule has 0 spiro atoms. The molecule has 0 aliphatic heterocycles. The van der Waals surface area contributed by atoms with Gasteiger partial charge in [0.15, 0.2) is 0 Å². The highest BCUT2D eigenvalue weighted by molar-refractivity contribution is 4.77. The fraction of sp³-hybridized carbons (Fsp3) is 0.909. The van der Waals surface area contributed by atoms with Crippen LogP contribution >= 0.6 is 0 Å². The van der Waals surface area contributed by atoms with E-state index in [9.17, 15) is 0 Å². The third-order valence-corrected chi connectivity index (χ3v) is 1.98. The lowest BCUT2D eigenvalue weighted by Gasteiger charge is -2.23. The summed E-state index contributed by atoms with van der Waals surface area (Å²) in [7, 11) is 0. The second-order valence-corrected chi connectivity index (χ2v) is 4.85. The molecule has 0 atom stereocenters. The van der Waals surface area contributed by atoms with Crippen LogP contribution in [-0.2, 0) is 4.84 Å². The average Bonchev–Trinajstić information content (AvgIpc) is 2.09. The smallest absolute Gasteiger partial charge is 0.0705 e. The van der Waals surface area contributed by atoms with Crippen molar-refractivity contribution >= 4 is 0 Å². The molecule has 0 aliphatic rings. The lowest BCUT2D eigenvalue weighted by molar-refractivity contribution is 0.00530. The Morgan fingerprint density at radius 3 is 2.57 bits per heavy atom. The first-order valence-electron chi connectivity index (χ1n) is 5.19. The monoisotopic (exact) mass is 198 g/mol. The Morgan fingerprint density at radius 2 is 2.07 bits per heavy atom. The van der Waals surface area contributed by atoms with Crippen molar-refractivity contribution in [3.05, 3.63) is 0 Å². The molecule has 82 valence electrons. The lowest BCUT2D eigenvalue weighted by Crippen LogP contribution is -2.30. The molecule has 0 aliphatic carbocycles. The summed E-state index contributed by atoms with van der Waals surface area (Å²) >= 11 is 0. The van der Waals surface area contributed by atoms with E-state index in [1.807, 2.05) is 0 Å². The zero-order valence-corrected chi connectivity index (χ0v) is 9.76. The van der Waals surface area contributed by atoms with Crippen LogP contribution in [0.2, 0.25) is 0 Å². The maximum absolute atomic E-state index is 8.47. The summed E-state index contributed by atoms with van der Waals surface area (Å²) in [6.45, 7) is 10.0. The van der Waals surface area contributed by atoms with Gasteiger partial charge in [-0.3, -0.25) is 0 Å². The van der Waals surface area contributed by atoms with Crippen LogP contribution < -0.4 is 5.48 Å². The van der Waals surface area contributed by atoms with E-state index >= 15 is 0 Å². The second kappa shape index (κ2) is 6.80. The summed E-state index contributed by atoms with van der Waals surface area (Å²) in [6, 6.07) is 2.16. The Hall–Kier alpha value is -0.590. The van der Waals surface area contributed by atoms with Crippen molar-refractivity contribution in [1.29, 1.82) is 5.26 Å². The van der Waals surface area contributed by atoms with Crippen molar-refractivity contribution in [3.8, 4) is 6.07 Å². The van der Waals surface area contributed by atoms with E-state index in [1.165, 1.54) is 0 Å². The van der Waals surface area contributed by atoms with Gasteiger partial charge in [0, 0.05) is 13.0 Å². The topological polar surface area (TPSA) is 45.0 Å². The van der Waals surface area contributed by atoms with Gasteiger partial charge in [-0.2, -0.15) is 5.26 Å². The summed E-state index contributed by atoms with van der Waals surface area (Å²) in [5.41, 5.74) is 3.09. The van der Waals surface area contributed by atoms with Gasteiger partial charge in [0.1, 0.15) is 0 Å². The number of nitrogens with one attached hydrogen (secondary N) is 1. The summed E-state index contributed by atoms with van der Waals surface area (Å²) in [5.74, 6) is 0.546. The highest BCUT2D eigenvalue weighted by Crippen LogP contribution is 2.20. The van der Waals surface area contributed by atoms with Gasteiger partial charge in [-0.15, -0.1) is 0 Å². The average molecular weight is 198 g/mol. The van der Waals surface area contributed by atoms with Crippen LogP contribution in [0.1, 0.15) is 40.5 Å². The van der Waals surface area contributed by atoms with Gasteiger partial charge in [0.05, 0.1) is 12.7 Å². The molecule has 1 N–H and O–H groups in total. The molecule has 0 bridgehead atoms. The Balaban J connectivity index is 3.51. The normalized spacial score (nSPS) is 11.7. The van der Waals surface area contributed by atoms with Gasteiger partial charge in [0.2, 0.25) is 0 Å². The van der Waals surface area contributed by atoms with Crippen molar-refractivity contribution in [2.24, 2.45) is 11.3 Å². The Labute approximate surface area is 87.4 Å². The summed E-state index contributed by atoms with van der Waals surface area (Å²) in [5, 5.41) is 8.47. The van der Waals surface area contributed by atoms with Crippen LogP contribution in [0.4, 0.5) is 0 Å². The molecule has 0 amide bonds. The third kappa shape index (κ3) is 8.03. The molecule has 14 heavy (non-hydrogen) atoms. The molecule has 0 fully saturated rings. The van der Waals surface area contributed by atoms with Crippen LogP contribution in [-0.4, -0.2) is 13.2 Å². The van der Waals surface area contributed by atoms with Crippen molar-refractivity contribution in [2.45, 2.75) is 40.5 Å². The van der Waals surface area contributed by atoms with Crippen molar-refractivity contribution in [2.75, 3.05) is 13.2 Å². The van der Waals surface area contributed by atoms with E-state index < -0.39 is 0 Å². The fourth-order valence-corrected chi connectivity index (χ4v) is 0.955. The molecule has 0 saturated heterocycles. The highest BCUT2D eigenvalue weighted by atomic mass is 16.6. The molecule has 0 aromatic heterocycles. The van der Waals surface area contributed by atoms with Gasteiger partial charge in [-0.1, -0.05) is 27.7 Å². The first kappa shape index (κ1) is 13.4. The maximum Gasteiger partial charge on any atom is 0.0705 e. The highest BCUT2D eigenvalue weighted by Gasteiger charge is 2.16. The van der Waals surface area contributed by atoms with Gasteiger partial charge in [-0.25, -0.2) is 5.48 Å². The minimum Gasteiger partial charge on any atom is -0.302 e. The van der Waals surface area contributed by atoms with Crippen LogP contribution in [0.25, 0.3) is 0 Å². The Kier molecular flexibility index (Phi) is 6.52. The van der Waals surface area contributed by atoms with Gasteiger partial charge >= 0.3 is 0 Å². The Bertz CT molecular complexity index is 182. The van der Waals surface area contributed by atoms with Gasteiger partial charge < -0.3 is 4.84 Å². The molecule has 3 nitrogen and oxygen atoms in total. The van der Waals surface area contributed by atoms with E-state index in [-0.39, 0.29) is 5.41 Å². The summed E-state index contributed by atoms with van der Waals surface area (Å²) in [4.78, 5) is 5.28. The zero-order valence-electron chi connectivity index (χ0n) is 9.76. The summed E-state index contributed by atoms with van der Waals surface area (Å²) in [6.07, 6.45) is 1.51. The number of rotatable bonds is 7. The molecular formula is C11H22N2O. The molecule has 0 radical (unpaired) electrons. The van der Waals surface area contributed by atoms with Crippen molar-refractivity contribution < 1.29 is 4.84 Å². The zero-order chi connectivity index (χ0) is 11.0. The number of nitriles is 1. The van der Waals surface area contributed by atoms with Crippen molar-refractivity contribution in [3.63, 3.8) is 0 Å². The number of hydrogen-bond donors (Lipinski definition) is 1. The van der Waals surface area contributed by atoms with Gasteiger partial charge in [-0.05, 0) is 17.8 Å². The minimum absolute atomic E-state index is 0.132. The quantitative estimate of drug-likeness (QED) is 0.505. The number of hydrogen-bond acceptors (Lipinski definition) is 3. The molecule has 0 heterocycles. The van der Waals surface area contributed by atoms with Crippen LogP contribution in [0.3, 0.4) is 0 Å². The van der Waals surface area contributed by atoms with Crippen LogP contribution in [0, 0.1) is 22.7 Å². The van der Waals surface area contributed by atoms with E-state index in [2.05, 4.69) is 39.2 Å². The first-order chi connectivity index (χ1) is 6.48. The standard InChI is InChI=1S/C11H22N2O/c1-10(2)8-14-13-9-11(3,4)6-5-7-12/h10,13H,5-6,8-9H2,1-4H3. The van der Waals surface area contributed by atoms with E-state index in [1.54, 1.807) is 0 Å². The third-order valence-electron chi connectivity index (χ3n) is 1.98. The largest absolute Gasteiger partial charge is 0.302 e. The van der Waals surface area contributed by atoms with E-state index in [0.717, 1.165) is 19.6 Å². The van der Waals surface area contributed by atoms with Gasteiger partial charge in [0.25, 0.3) is 0 Å². The van der Waals surface area contributed by atoms with Crippen LogP contribution in [0.15, 0.2) is 0 Å².